The maximum atomic E-state index is 6.05. The third-order valence-corrected chi connectivity index (χ3v) is 2.71. The molecule has 82 valence electrons. The molecule has 0 aliphatic carbocycles. The molecule has 1 heterocycles. The van der Waals surface area contributed by atoms with E-state index in [9.17, 15) is 0 Å². The van der Waals surface area contributed by atoms with Crippen molar-refractivity contribution in [2.24, 2.45) is 0 Å². The van der Waals surface area contributed by atoms with E-state index in [1.807, 2.05) is 6.92 Å². The van der Waals surface area contributed by atoms with Crippen LogP contribution in [0.3, 0.4) is 0 Å². The summed E-state index contributed by atoms with van der Waals surface area (Å²) < 4.78 is 11.3. The number of hydrogen-bond acceptors (Lipinski definition) is 3. The van der Waals surface area contributed by atoms with Crippen LogP contribution >= 0.6 is 0 Å². The van der Waals surface area contributed by atoms with Crippen molar-refractivity contribution < 1.29 is 9.47 Å². The van der Waals surface area contributed by atoms with Crippen LogP contribution in [0.25, 0.3) is 0 Å². The van der Waals surface area contributed by atoms with Crippen molar-refractivity contribution in [3.05, 3.63) is 17.2 Å². The van der Waals surface area contributed by atoms with E-state index in [0.717, 1.165) is 41.2 Å². The number of benzene rings is 1. The normalized spacial score (nSPS) is 14.8. The lowest BCUT2D eigenvalue weighted by atomic mass is 10.1. The maximum absolute atomic E-state index is 6.05. The molecule has 1 aromatic rings. The number of ether oxygens (including phenoxy) is 2. The number of aryl methyl sites for hydroxylation is 2. The van der Waals surface area contributed by atoms with Gasteiger partial charge in [0.25, 0.3) is 0 Å². The number of nitrogens with two attached hydrogens (primary N) is 1. The van der Waals surface area contributed by atoms with Crippen LogP contribution in [0.4, 0.5) is 5.69 Å². The third kappa shape index (κ3) is 1.74. The Bertz CT molecular complexity index is 374. The highest BCUT2D eigenvalue weighted by molar-refractivity contribution is 5.67. The summed E-state index contributed by atoms with van der Waals surface area (Å²) in [5.74, 6) is 1.56. The molecule has 3 heteroatoms. The standard InChI is InChI=1S/C12H17NO2/c1-3-9-7-8(2)11-12(10(9)13)15-6-4-5-14-11/h7H,3-6,13H2,1-2H3. The molecule has 1 aliphatic heterocycles. The molecule has 0 amide bonds. The fourth-order valence-corrected chi connectivity index (χ4v) is 1.87. The average molecular weight is 207 g/mol. The minimum atomic E-state index is 0.684. The van der Waals surface area contributed by atoms with Gasteiger partial charge in [-0.05, 0) is 24.5 Å². The van der Waals surface area contributed by atoms with Crippen LogP contribution < -0.4 is 15.2 Å². The van der Waals surface area contributed by atoms with Crippen molar-refractivity contribution in [1.29, 1.82) is 0 Å². The van der Waals surface area contributed by atoms with Crippen molar-refractivity contribution in [3.8, 4) is 11.5 Å². The van der Waals surface area contributed by atoms with Gasteiger partial charge in [0.15, 0.2) is 11.5 Å². The molecule has 0 fully saturated rings. The summed E-state index contributed by atoms with van der Waals surface area (Å²) >= 11 is 0. The SMILES string of the molecule is CCc1cc(C)c2c(c1N)OCCCO2. The first-order chi connectivity index (χ1) is 7.24. The first-order valence-corrected chi connectivity index (χ1v) is 5.41. The Kier molecular flexibility index (Phi) is 2.71. The third-order valence-electron chi connectivity index (χ3n) is 2.71. The van der Waals surface area contributed by atoms with Gasteiger partial charge in [-0.2, -0.15) is 0 Å². The zero-order valence-electron chi connectivity index (χ0n) is 9.30. The van der Waals surface area contributed by atoms with Crippen LogP contribution in [0.1, 0.15) is 24.5 Å². The Morgan fingerprint density at radius 3 is 2.60 bits per heavy atom. The van der Waals surface area contributed by atoms with Gasteiger partial charge < -0.3 is 15.2 Å². The number of nitrogen functional groups attached to an aromatic ring is 1. The monoisotopic (exact) mass is 207 g/mol. The Hall–Kier alpha value is -1.38. The fraction of sp³-hybridized carbons (Fsp3) is 0.500. The molecule has 2 rings (SSSR count). The first kappa shape index (κ1) is 10.1. The second-order valence-electron chi connectivity index (χ2n) is 3.83. The van der Waals surface area contributed by atoms with Gasteiger partial charge in [-0.25, -0.2) is 0 Å². The molecule has 3 nitrogen and oxygen atoms in total. The van der Waals surface area contributed by atoms with Gasteiger partial charge in [-0.1, -0.05) is 13.0 Å². The van der Waals surface area contributed by atoms with E-state index in [2.05, 4.69) is 13.0 Å². The summed E-state index contributed by atoms with van der Waals surface area (Å²) in [6.07, 6.45) is 1.83. The lowest BCUT2D eigenvalue weighted by molar-refractivity contribution is 0.296. The molecule has 0 radical (unpaired) electrons. The van der Waals surface area contributed by atoms with Crippen LogP contribution in [0, 0.1) is 6.92 Å². The Balaban J connectivity index is 2.55. The average Bonchev–Trinajstić information content (AvgIpc) is 2.49. The van der Waals surface area contributed by atoms with E-state index >= 15 is 0 Å². The Labute approximate surface area is 90.2 Å². The minimum Gasteiger partial charge on any atom is -0.489 e. The van der Waals surface area contributed by atoms with Crippen molar-refractivity contribution in [2.45, 2.75) is 26.7 Å². The van der Waals surface area contributed by atoms with Crippen molar-refractivity contribution in [3.63, 3.8) is 0 Å². The zero-order chi connectivity index (χ0) is 10.8. The molecule has 0 atom stereocenters. The van der Waals surface area contributed by atoms with E-state index in [-0.39, 0.29) is 0 Å². The summed E-state index contributed by atoms with van der Waals surface area (Å²) in [7, 11) is 0. The largest absolute Gasteiger partial charge is 0.489 e. The molecular weight excluding hydrogens is 190 g/mol. The molecule has 1 aliphatic rings. The summed E-state index contributed by atoms with van der Waals surface area (Å²) in [6, 6.07) is 2.09. The molecule has 0 spiro atoms. The van der Waals surface area contributed by atoms with Crippen LogP contribution in [0.15, 0.2) is 6.07 Å². The lowest BCUT2D eigenvalue weighted by Gasteiger charge is -2.15. The van der Waals surface area contributed by atoms with E-state index in [4.69, 9.17) is 15.2 Å². The van der Waals surface area contributed by atoms with Gasteiger partial charge in [0, 0.05) is 6.42 Å². The Morgan fingerprint density at radius 2 is 1.93 bits per heavy atom. The molecular formula is C12H17NO2. The molecule has 15 heavy (non-hydrogen) atoms. The smallest absolute Gasteiger partial charge is 0.184 e. The number of anilines is 1. The molecule has 0 saturated carbocycles. The predicted molar refractivity (Wildman–Crippen MR) is 60.6 cm³/mol. The fourth-order valence-electron chi connectivity index (χ4n) is 1.87. The molecule has 0 unspecified atom stereocenters. The predicted octanol–water partition coefficient (Wildman–Crippen LogP) is 2.30. The van der Waals surface area contributed by atoms with Crippen LogP contribution in [-0.2, 0) is 6.42 Å². The van der Waals surface area contributed by atoms with Gasteiger partial charge >= 0.3 is 0 Å². The van der Waals surface area contributed by atoms with Gasteiger partial charge in [-0.3, -0.25) is 0 Å². The summed E-state index contributed by atoms with van der Waals surface area (Å²) in [6.45, 7) is 5.52. The lowest BCUT2D eigenvalue weighted by Crippen LogP contribution is -2.02. The maximum Gasteiger partial charge on any atom is 0.184 e. The second-order valence-corrected chi connectivity index (χ2v) is 3.83. The van der Waals surface area contributed by atoms with Crippen LogP contribution in [0.2, 0.25) is 0 Å². The van der Waals surface area contributed by atoms with Crippen LogP contribution in [0.5, 0.6) is 11.5 Å². The topological polar surface area (TPSA) is 44.5 Å². The minimum absolute atomic E-state index is 0.684. The molecule has 2 N–H and O–H groups in total. The summed E-state index contributed by atoms with van der Waals surface area (Å²) in [5.41, 5.74) is 9.03. The van der Waals surface area contributed by atoms with Gasteiger partial charge in [0.05, 0.1) is 18.9 Å². The van der Waals surface area contributed by atoms with E-state index in [0.29, 0.717) is 13.2 Å². The van der Waals surface area contributed by atoms with E-state index in [1.54, 1.807) is 0 Å². The zero-order valence-corrected chi connectivity index (χ0v) is 9.30. The highest BCUT2D eigenvalue weighted by Gasteiger charge is 2.18. The summed E-state index contributed by atoms with van der Waals surface area (Å²) in [4.78, 5) is 0. The molecule has 0 aromatic heterocycles. The molecule has 0 bridgehead atoms. The van der Waals surface area contributed by atoms with E-state index < -0.39 is 0 Å². The first-order valence-electron chi connectivity index (χ1n) is 5.41. The van der Waals surface area contributed by atoms with Gasteiger partial charge in [0.2, 0.25) is 0 Å². The highest BCUT2D eigenvalue weighted by atomic mass is 16.5. The molecule has 0 saturated heterocycles. The molecule has 1 aromatic carbocycles. The highest BCUT2D eigenvalue weighted by Crippen LogP contribution is 2.40. The summed E-state index contributed by atoms with van der Waals surface area (Å²) in [5, 5.41) is 0. The van der Waals surface area contributed by atoms with Gasteiger partial charge in [-0.15, -0.1) is 0 Å². The number of rotatable bonds is 1. The van der Waals surface area contributed by atoms with E-state index in [1.165, 1.54) is 0 Å². The number of fused-ring (bicyclic) bond motifs is 1. The number of hydrogen-bond donors (Lipinski definition) is 1. The quantitative estimate of drug-likeness (QED) is 0.719. The van der Waals surface area contributed by atoms with Crippen LogP contribution in [-0.4, -0.2) is 13.2 Å². The van der Waals surface area contributed by atoms with Crippen molar-refractivity contribution >= 4 is 5.69 Å². The van der Waals surface area contributed by atoms with Gasteiger partial charge in [0.1, 0.15) is 0 Å². The van der Waals surface area contributed by atoms with Crippen molar-refractivity contribution in [1.82, 2.24) is 0 Å². The van der Waals surface area contributed by atoms with Crippen molar-refractivity contribution in [2.75, 3.05) is 18.9 Å². The second kappa shape index (κ2) is 4.01. The Morgan fingerprint density at radius 1 is 1.27 bits per heavy atom.